The second kappa shape index (κ2) is 4.50. The average Bonchev–Trinajstić information content (AvgIpc) is 2.86. The van der Waals surface area contributed by atoms with Crippen LogP contribution in [0.3, 0.4) is 0 Å². The third-order valence-corrected chi connectivity index (χ3v) is 2.68. The van der Waals surface area contributed by atoms with Gasteiger partial charge >= 0.3 is 5.92 Å². The normalized spacial score (nSPS) is 33.0. The van der Waals surface area contributed by atoms with Crippen LogP contribution in [-0.4, -0.2) is 55.0 Å². The molecular weight excluding hydrogens is 252 g/mol. The molecule has 3 N–H and O–H groups in total. The van der Waals surface area contributed by atoms with Gasteiger partial charge in [-0.15, -0.1) is 5.10 Å². The fraction of sp³-hybridized carbons (Fsp3) is 0.778. The Balaban J connectivity index is 2.20. The predicted octanol–water partition coefficient (Wildman–Crippen LogP) is -0.999. The van der Waals surface area contributed by atoms with Crippen LogP contribution in [-0.2, 0) is 10.7 Å². The first-order valence-corrected chi connectivity index (χ1v) is 5.26. The van der Waals surface area contributed by atoms with Crippen molar-refractivity contribution >= 4 is 0 Å². The van der Waals surface area contributed by atoms with Gasteiger partial charge in [0.15, 0.2) is 6.23 Å². The Morgan fingerprint density at radius 2 is 2.11 bits per heavy atom. The number of alkyl halides is 2. The molecule has 0 bridgehead atoms. The van der Waals surface area contributed by atoms with Crippen LogP contribution in [0, 0.1) is 0 Å². The van der Waals surface area contributed by atoms with Crippen LogP contribution in [0.2, 0.25) is 0 Å². The lowest BCUT2D eigenvalue weighted by Crippen LogP contribution is -2.33. The molecule has 0 amide bonds. The van der Waals surface area contributed by atoms with Crippen molar-refractivity contribution < 1.29 is 28.8 Å². The van der Waals surface area contributed by atoms with Crippen LogP contribution in [0.15, 0.2) is 6.33 Å². The number of hydrogen-bond donors (Lipinski definition) is 3. The second-order valence-corrected chi connectivity index (χ2v) is 4.17. The van der Waals surface area contributed by atoms with E-state index in [0.29, 0.717) is 6.92 Å². The van der Waals surface area contributed by atoms with Crippen LogP contribution in [0.25, 0.3) is 0 Å². The summed E-state index contributed by atoms with van der Waals surface area (Å²) in [6.07, 6.45) is -3.84. The minimum atomic E-state index is -3.20. The number of rotatable bonds is 3. The van der Waals surface area contributed by atoms with Gasteiger partial charge in [-0.25, -0.2) is 9.67 Å². The van der Waals surface area contributed by atoms with Crippen molar-refractivity contribution in [1.82, 2.24) is 14.8 Å². The van der Waals surface area contributed by atoms with E-state index in [9.17, 15) is 19.0 Å². The summed E-state index contributed by atoms with van der Waals surface area (Å²) in [7, 11) is 0. The SMILES string of the molecule is CC(F)(F)c1ncn([C@@H]2O[C@H](CO)C(O)C2O)n1. The van der Waals surface area contributed by atoms with E-state index >= 15 is 0 Å². The van der Waals surface area contributed by atoms with Crippen LogP contribution in [0.4, 0.5) is 8.78 Å². The highest BCUT2D eigenvalue weighted by molar-refractivity contribution is 4.94. The third kappa shape index (κ3) is 2.21. The second-order valence-electron chi connectivity index (χ2n) is 4.17. The highest BCUT2D eigenvalue weighted by Gasteiger charge is 2.44. The summed E-state index contributed by atoms with van der Waals surface area (Å²) < 4.78 is 31.9. The van der Waals surface area contributed by atoms with Gasteiger partial charge in [-0.1, -0.05) is 0 Å². The van der Waals surface area contributed by atoms with E-state index in [1.54, 1.807) is 0 Å². The Morgan fingerprint density at radius 3 is 2.56 bits per heavy atom. The van der Waals surface area contributed by atoms with Crippen molar-refractivity contribution in [3.63, 3.8) is 0 Å². The lowest BCUT2D eigenvalue weighted by molar-refractivity contribution is -0.0603. The minimum Gasteiger partial charge on any atom is -0.394 e. The quantitative estimate of drug-likeness (QED) is 0.648. The van der Waals surface area contributed by atoms with Gasteiger partial charge in [0.25, 0.3) is 0 Å². The van der Waals surface area contributed by atoms with Gasteiger partial charge in [-0.3, -0.25) is 0 Å². The maximum absolute atomic E-state index is 12.9. The van der Waals surface area contributed by atoms with Gasteiger partial charge < -0.3 is 20.1 Å². The predicted molar refractivity (Wildman–Crippen MR) is 52.6 cm³/mol. The maximum atomic E-state index is 12.9. The zero-order valence-corrected chi connectivity index (χ0v) is 9.44. The van der Waals surface area contributed by atoms with Crippen molar-refractivity contribution in [1.29, 1.82) is 0 Å². The Morgan fingerprint density at radius 1 is 1.44 bits per heavy atom. The summed E-state index contributed by atoms with van der Waals surface area (Å²) in [5.74, 6) is -3.91. The summed E-state index contributed by atoms with van der Waals surface area (Å²) in [5.41, 5.74) is 0. The molecule has 2 unspecified atom stereocenters. The molecule has 7 nitrogen and oxygen atoms in total. The van der Waals surface area contributed by atoms with Gasteiger partial charge in [0.2, 0.25) is 5.82 Å². The first-order chi connectivity index (χ1) is 8.34. The molecule has 0 spiro atoms. The molecule has 0 saturated carbocycles. The molecule has 9 heteroatoms. The topological polar surface area (TPSA) is 101 Å². The van der Waals surface area contributed by atoms with E-state index in [2.05, 4.69) is 10.1 Å². The van der Waals surface area contributed by atoms with Crippen LogP contribution in [0.1, 0.15) is 19.0 Å². The summed E-state index contributed by atoms with van der Waals surface area (Å²) in [6, 6.07) is 0. The number of aromatic nitrogens is 3. The summed E-state index contributed by atoms with van der Waals surface area (Å²) in [4.78, 5) is 3.41. The number of nitrogens with zero attached hydrogens (tertiary/aromatic N) is 3. The molecular formula is C9H13F2N3O4. The number of hydrogen-bond acceptors (Lipinski definition) is 6. The van der Waals surface area contributed by atoms with Gasteiger partial charge in [-0.05, 0) is 0 Å². The monoisotopic (exact) mass is 265 g/mol. The van der Waals surface area contributed by atoms with Gasteiger partial charge in [0, 0.05) is 6.92 Å². The average molecular weight is 265 g/mol. The standard InChI is InChI=1S/C9H13F2N3O4/c1-9(10,11)8-12-3-14(13-8)7-6(17)5(16)4(2-15)18-7/h3-7,15-17H,2H2,1H3/t4-,5?,6?,7-/m1/s1. The molecule has 1 fully saturated rings. The Hall–Kier alpha value is -1.16. The number of halogens is 2. The highest BCUT2D eigenvalue weighted by Crippen LogP contribution is 2.30. The first kappa shape index (κ1) is 13.3. The van der Waals surface area contributed by atoms with Crippen molar-refractivity contribution in [2.45, 2.75) is 37.4 Å². The minimum absolute atomic E-state index is 0.500. The van der Waals surface area contributed by atoms with Crippen molar-refractivity contribution in [3.05, 3.63) is 12.2 Å². The Bertz CT molecular complexity index is 422. The lowest BCUT2D eigenvalue weighted by Gasteiger charge is -2.14. The van der Waals surface area contributed by atoms with E-state index in [-0.39, 0.29) is 0 Å². The molecule has 2 heterocycles. The van der Waals surface area contributed by atoms with E-state index < -0.39 is 42.9 Å². The van der Waals surface area contributed by atoms with Crippen molar-refractivity contribution in [2.24, 2.45) is 0 Å². The zero-order chi connectivity index (χ0) is 13.5. The van der Waals surface area contributed by atoms with Gasteiger partial charge in [-0.2, -0.15) is 8.78 Å². The smallest absolute Gasteiger partial charge is 0.305 e. The van der Waals surface area contributed by atoms with Gasteiger partial charge in [0.1, 0.15) is 24.6 Å². The molecule has 1 aromatic heterocycles. The molecule has 0 aliphatic carbocycles. The summed E-state index contributed by atoms with van der Waals surface area (Å²) in [5, 5.41) is 31.6. The van der Waals surface area contributed by atoms with Crippen LogP contribution >= 0.6 is 0 Å². The first-order valence-electron chi connectivity index (χ1n) is 5.26. The summed E-state index contributed by atoms with van der Waals surface area (Å²) in [6.45, 7) is 0.143. The molecule has 2 rings (SSSR count). The third-order valence-electron chi connectivity index (χ3n) is 2.68. The van der Waals surface area contributed by atoms with Crippen LogP contribution < -0.4 is 0 Å². The zero-order valence-electron chi connectivity index (χ0n) is 9.44. The largest absolute Gasteiger partial charge is 0.394 e. The molecule has 4 atom stereocenters. The Labute approximate surface area is 101 Å². The molecule has 1 saturated heterocycles. The number of aliphatic hydroxyl groups is 3. The number of aliphatic hydroxyl groups excluding tert-OH is 3. The van der Waals surface area contributed by atoms with Gasteiger partial charge in [0.05, 0.1) is 6.61 Å². The van der Waals surface area contributed by atoms with E-state index in [1.807, 2.05) is 0 Å². The lowest BCUT2D eigenvalue weighted by atomic mass is 10.1. The van der Waals surface area contributed by atoms with Crippen molar-refractivity contribution in [3.8, 4) is 0 Å². The Kier molecular flexibility index (Phi) is 3.32. The molecule has 0 aromatic carbocycles. The highest BCUT2D eigenvalue weighted by atomic mass is 19.3. The van der Waals surface area contributed by atoms with E-state index in [0.717, 1.165) is 11.0 Å². The molecule has 0 radical (unpaired) electrons. The maximum Gasteiger partial charge on any atom is 0.305 e. The van der Waals surface area contributed by atoms with Crippen molar-refractivity contribution in [2.75, 3.05) is 6.61 Å². The fourth-order valence-electron chi connectivity index (χ4n) is 1.70. The summed E-state index contributed by atoms with van der Waals surface area (Å²) >= 11 is 0. The van der Waals surface area contributed by atoms with Crippen LogP contribution in [0.5, 0.6) is 0 Å². The fourth-order valence-corrected chi connectivity index (χ4v) is 1.70. The molecule has 1 aromatic rings. The molecule has 18 heavy (non-hydrogen) atoms. The van der Waals surface area contributed by atoms with E-state index in [4.69, 9.17) is 9.84 Å². The van der Waals surface area contributed by atoms with E-state index in [1.165, 1.54) is 0 Å². The molecule has 1 aliphatic heterocycles. The molecule has 1 aliphatic rings. The number of ether oxygens (including phenoxy) is 1. The molecule has 102 valence electrons.